The molecule has 0 fully saturated rings. The summed E-state index contributed by atoms with van der Waals surface area (Å²) in [5.74, 6) is 1.84. The van der Waals surface area contributed by atoms with Gasteiger partial charge in [-0.15, -0.1) is 6.42 Å². The van der Waals surface area contributed by atoms with E-state index in [1.54, 1.807) is 6.07 Å². The number of hydrogen-bond donors (Lipinski definition) is 2. The quantitative estimate of drug-likeness (QED) is 0.757. The van der Waals surface area contributed by atoms with Crippen molar-refractivity contribution in [2.75, 3.05) is 5.32 Å². The standard InChI is InChI=1S/C12H14N2O2/c1-4-10(8(2)3)14-9-5-6-13-11(7-9)12(15)16/h1,5-8,10H,2-3H3,(H,13,14)(H,15,16). The van der Waals surface area contributed by atoms with Gasteiger partial charge in [0.25, 0.3) is 0 Å². The molecule has 0 aliphatic carbocycles. The van der Waals surface area contributed by atoms with Crippen LogP contribution in [0.4, 0.5) is 5.69 Å². The lowest BCUT2D eigenvalue weighted by atomic mass is 10.1. The van der Waals surface area contributed by atoms with Gasteiger partial charge in [0.2, 0.25) is 0 Å². The Balaban J connectivity index is 2.86. The number of carboxylic acid groups (broad SMARTS) is 1. The predicted molar refractivity (Wildman–Crippen MR) is 62.3 cm³/mol. The molecule has 4 heteroatoms. The van der Waals surface area contributed by atoms with Crippen LogP contribution >= 0.6 is 0 Å². The fourth-order valence-electron chi connectivity index (χ4n) is 1.22. The van der Waals surface area contributed by atoms with Crippen molar-refractivity contribution >= 4 is 11.7 Å². The van der Waals surface area contributed by atoms with Crippen molar-refractivity contribution in [1.29, 1.82) is 0 Å². The number of aromatic carboxylic acids is 1. The average molecular weight is 218 g/mol. The second kappa shape index (κ2) is 5.17. The Morgan fingerprint density at radius 1 is 1.62 bits per heavy atom. The molecule has 16 heavy (non-hydrogen) atoms. The van der Waals surface area contributed by atoms with Crippen LogP contribution in [0.1, 0.15) is 24.3 Å². The third kappa shape index (κ3) is 2.99. The highest BCUT2D eigenvalue weighted by atomic mass is 16.4. The molecule has 0 radical (unpaired) electrons. The van der Waals surface area contributed by atoms with Crippen molar-refractivity contribution in [2.45, 2.75) is 19.9 Å². The minimum absolute atomic E-state index is 0.00419. The number of rotatable bonds is 4. The van der Waals surface area contributed by atoms with E-state index in [4.69, 9.17) is 11.5 Å². The molecule has 0 spiro atoms. The maximum atomic E-state index is 10.7. The van der Waals surface area contributed by atoms with Gasteiger partial charge in [-0.2, -0.15) is 0 Å². The van der Waals surface area contributed by atoms with Crippen LogP contribution in [0.5, 0.6) is 0 Å². The van der Waals surface area contributed by atoms with Crippen molar-refractivity contribution in [3.63, 3.8) is 0 Å². The first kappa shape index (κ1) is 12.1. The minimum atomic E-state index is -1.05. The summed E-state index contributed by atoms with van der Waals surface area (Å²) in [5, 5.41) is 11.9. The van der Waals surface area contributed by atoms with E-state index < -0.39 is 5.97 Å². The number of nitrogens with one attached hydrogen (secondary N) is 1. The zero-order valence-electron chi connectivity index (χ0n) is 9.27. The van der Waals surface area contributed by atoms with E-state index >= 15 is 0 Å². The number of carbonyl (C=O) groups is 1. The first-order chi connectivity index (χ1) is 7.54. The van der Waals surface area contributed by atoms with Crippen LogP contribution in [0, 0.1) is 18.3 Å². The van der Waals surface area contributed by atoms with Crippen LogP contribution in [-0.4, -0.2) is 22.1 Å². The summed E-state index contributed by atoms with van der Waals surface area (Å²) >= 11 is 0. The Kier molecular flexibility index (Phi) is 3.90. The van der Waals surface area contributed by atoms with Crippen LogP contribution in [0.3, 0.4) is 0 Å². The first-order valence-corrected chi connectivity index (χ1v) is 4.96. The molecule has 0 aliphatic rings. The SMILES string of the molecule is C#CC(Nc1ccnc(C(=O)O)c1)C(C)C. The van der Waals surface area contributed by atoms with E-state index in [0.717, 1.165) is 0 Å². The van der Waals surface area contributed by atoms with Gasteiger partial charge in [-0.05, 0) is 18.1 Å². The average Bonchev–Trinajstić information content (AvgIpc) is 2.25. The number of hydrogen-bond acceptors (Lipinski definition) is 3. The third-order valence-electron chi connectivity index (χ3n) is 2.15. The summed E-state index contributed by atoms with van der Waals surface area (Å²) in [6, 6.07) is 3.04. The zero-order valence-corrected chi connectivity index (χ0v) is 9.27. The van der Waals surface area contributed by atoms with E-state index in [1.807, 2.05) is 13.8 Å². The minimum Gasteiger partial charge on any atom is -0.477 e. The highest BCUT2D eigenvalue weighted by Gasteiger charge is 2.11. The zero-order chi connectivity index (χ0) is 12.1. The lowest BCUT2D eigenvalue weighted by Crippen LogP contribution is -2.23. The summed E-state index contributed by atoms with van der Waals surface area (Å²) < 4.78 is 0. The highest BCUT2D eigenvalue weighted by Crippen LogP contribution is 2.12. The normalized spacial score (nSPS) is 11.9. The number of carboxylic acids is 1. The van der Waals surface area contributed by atoms with E-state index in [-0.39, 0.29) is 17.7 Å². The summed E-state index contributed by atoms with van der Waals surface area (Å²) in [7, 11) is 0. The Morgan fingerprint density at radius 2 is 2.31 bits per heavy atom. The van der Waals surface area contributed by atoms with Gasteiger partial charge in [0, 0.05) is 11.9 Å². The summed E-state index contributed by atoms with van der Waals surface area (Å²) in [5.41, 5.74) is 0.675. The van der Waals surface area contributed by atoms with Gasteiger partial charge in [-0.3, -0.25) is 0 Å². The predicted octanol–water partition coefficient (Wildman–Crippen LogP) is 1.85. The summed E-state index contributed by atoms with van der Waals surface area (Å²) in [6.45, 7) is 3.99. The van der Waals surface area contributed by atoms with Crippen LogP contribution < -0.4 is 5.32 Å². The fourth-order valence-corrected chi connectivity index (χ4v) is 1.22. The molecular formula is C12H14N2O2. The van der Waals surface area contributed by atoms with Crippen LogP contribution in [0.15, 0.2) is 18.3 Å². The summed E-state index contributed by atoms with van der Waals surface area (Å²) in [6.07, 6.45) is 6.82. The van der Waals surface area contributed by atoms with Gasteiger partial charge in [0.05, 0.1) is 6.04 Å². The molecule has 84 valence electrons. The molecule has 0 saturated carbocycles. The molecule has 1 aromatic rings. The molecule has 1 heterocycles. The molecule has 0 aromatic carbocycles. The summed E-state index contributed by atoms with van der Waals surface area (Å²) in [4.78, 5) is 14.4. The highest BCUT2D eigenvalue weighted by molar-refractivity contribution is 5.86. The van der Waals surface area contributed by atoms with E-state index in [9.17, 15) is 4.79 Å². The maximum Gasteiger partial charge on any atom is 0.354 e. The number of terminal acetylenes is 1. The van der Waals surface area contributed by atoms with Crippen molar-refractivity contribution in [3.05, 3.63) is 24.0 Å². The van der Waals surface area contributed by atoms with Gasteiger partial charge < -0.3 is 10.4 Å². The first-order valence-electron chi connectivity index (χ1n) is 4.96. The Bertz CT molecular complexity index is 421. The van der Waals surface area contributed by atoms with Crippen molar-refractivity contribution in [1.82, 2.24) is 4.98 Å². The Morgan fingerprint density at radius 3 is 2.81 bits per heavy atom. The Labute approximate surface area is 94.7 Å². The van der Waals surface area contributed by atoms with Gasteiger partial charge in [-0.1, -0.05) is 19.8 Å². The fraction of sp³-hybridized carbons (Fsp3) is 0.333. The molecular weight excluding hydrogens is 204 g/mol. The molecule has 1 rings (SSSR count). The third-order valence-corrected chi connectivity index (χ3v) is 2.15. The molecule has 1 aromatic heterocycles. The van der Waals surface area contributed by atoms with Crippen LogP contribution in [-0.2, 0) is 0 Å². The smallest absolute Gasteiger partial charge is 0.354 e. The van der Waals surface area contributed by atoms with Gasteiger partial charge in [-0.25, -0.2) is 9.78 Å². The van der Waals surface area contributed by atoms with Crippen LogP contribution in [0.25, 0.3) is 0 Å². The maximum absolute atomic E-state index is 10.7. The Hall–Kier alpha value is -2.02. The van der Waals surface area contributed by atoms with Gasteiger partial charge in [0.15, 0.2) is 0 Å². The van der Waals surface area contributed by atoms with E-state index in [2.05, 4.69) is 16.2 Å². The number of pyridine rings is 1. The number of anilines is 1. The molecule has 0 saturated heterocycles. The monoisotopic (exact) mass is 218 g/mol. The topological polar surface area (TPSA) is 62.2 Å². The lowest BCUT2D eigenvalue weighted by molar-refractivity contribution is 0.0690. The van der Waals surface area contributed by atoms with Crippen LogP contribution in [0.2, 0.25) is 0 Å². The van der Waals surface area contributed by atoms with E-state index in [0.29, 0.717) is 5.69 Å². The number of aromatic nitrogens is 1. The molecule has 0 aliphatic heterocycles. The molecule has 0 bridgehead atoms. The largest absolute Gasteiger partial charge is 0.477 e. The van der Waals surface area contributed by atoms with Gasteiger partial charge >= 0.3 is 5.97 Å². The van der Waals surface area contributed by atoms with Crippen molar-refractivity contribution in [2.24, 2.45) is 5.92 Å². The molecule has 1 atom stereocenters. The van der Waals surface area contributed by atoms with Gasteiger partial charge in [0.1, 0.15) is 5.69 Å². The van der Waals surface area contributed by atoms with Crippen molar-refractivity contribution < 1.29 is 9.90 Å². The molecule has 1 unspecified atom stereocenters. The second-order valence-electron chi connectivity index (χ2n) is 3.77. The molecule has 4 nitrogen and oxygen atoms in total. The van der Waals surface area contributed by atoms with E-state index in [1.165, 1.54) is 12.3 Å². The number of nitrogens with zero attached hydrogens (tertiary/aromatic N) is 1. The molecule has 0 amide bonds. The van der Waals surface area contributed by atoms with Crippen molar-refractivity contribution in [3.8, 4) is 12.3 Å². The lowest BCUT2D eigenvalue weighted by Gasteiger charge is -2.17. The second-order valence-corrected chi connectivity index (χ2v) is 3.77. The molecule has 2 N–H and O–H groups in total.